The first kappa shape index (κ1) is 16.9. The highest BCUT2D eigenvalue weighted by Gasteiger charge is 2.30. The summed E-state index contributed by atoms with van der Waals surface area (Å²) < 4.78 is 10.1. The zero-order valence-corrected chi connectivity index (χ0v) is 14.3. The van der Waals surface area contributed by atoms with Crippen LogP contribution in [-0.2, 0) is 0 Å². The number of carbonyl (C=O) groups excluding carboxylic acids is 2. The van der Waals surface area contributed by atoms with Crippen LogP contribution in [0.3, 0.4) is 0 Å². The SMILES string of the molecule is COc1ccc(NC(=O)N2CCN(C(=O)c3ccoc3)C[C@@H]2C)cc1. The van der Waals surface area contributed by atoms with Crippen LogP contribution in [0.4, 0.5) is 10.5 Å². The standard InChI is InChI=1S/C18H21N3O4/c1-13-11-20(17(22)14-7-10-25-12-14)8-9-21(13)18(23)19-15-3-5-16(24-2)6-4-15/h3-7,10,12-13H,8-9,11H2,1-2H3,(H,19,23)/t13-/m0/s1. The summed E-state index contributed by atoms with van der Waals surface area (Å²) in [6.07, 6.45) is 2.92. The van der Waals surface area contributed by atoms with Gasteiger partial charge in [0.25, 0.3) is 5.91 Å². The van der Waals surface area contributed by atoms with Gasteiger partial charge in [-0.3, -0.25) is 4.79 Å². The number of piperazine rings is 1. The van der Waals surface area contributed by atoms with Crippen molar-refractivity contribution in [2.24, 2.45) is 0 Å². The van der Waals surface area contributed by atoms with E-state index in [9.17, 15) is 9.59 Å². The van der Waals surface area contributed by atoms with Gasteiger partial charge >= 0.3 is 6.03 Å². The summed E-state index contributed by atoms with van der Waals surface area (Å²) in [4.78, 5) is 28.4. The van der Waals surface area contributed by atoms with E-state index < -0.39 is 0 Å². The second-order valence-corrected chi connectivity index (χ2v) is 5.96. The second kappa shape index (κ2) is 7.29. The van der Waals surface area contributed by atoms with Crippen molar-refractivity contribution < 1.29 is 18.7 Å². The van der Waals surface area contributed by atoms with E-state index in [1.807, 2.05) is 6.92 Å². The Morgan fingerprint density at radius 2 is 1.96 bits per heavy atom. The number of nitrogens with one attached hydrogen (secondary N) is 1. The van der Waals surface area contributed by atoms with E-state index in [-0.39, 0.29) is 18.0 Å². The Labute approximate surface area is 146 Å². The summed E-state index contributed by atoms with van der Waals surface area (Å²) in [6, 6.07) is 8.56. The summed E-state index contributed by atoms with van der Waals surface area (Å²) in [7, 11) is 1.60. The zero-order chi connectivity index (χ0) is 17.8. The third-order valence-corrected chi connectivity index (χ3v) is 4.28. The maximum atomic E-state index is 12.5. The molecule has 0 spiro atoms. The van der Waals surface area contributed by atoms with Gasteiger partial charge in [-0.2, -0.15) is 0 Å². The van der Waals surface area contributed by atoms with Gasteiger partial charge in [0.15, 0.2) is 0 Å². The van der Waals surface area contributed by atoms with Crippen LogP contribution in [-0.4, -0.2) is 54.5 Å². The number of urea groups is 1. The molecule has 1 aliphatic rings. The molecule has 0 bridgehead atoms. The van der Waals surface area contributed by atoms with Gasteiger partial charge in [-0.1, -0.05) is 0 Å². The number of rotatable bonds is 3. The number of furan rings is 1. The van der Waals surface area contributed by atoms with Crippen molar-refractivity contribution in [1.29, 1.82) is 0 Å². The smallest absolute Gasteiger partial charge is 0.322 e. The Morgan fingerprint density at radius 1 is 1.20 bits per heavy atom. The van der Waals surface area contributed by atoms with Crippen molar-refractivity contribution in [2.45, 2.75) is 13.0 Å². The number of ether oxygens (including phenoxy) is 1. The first-order chi connectivity index (χ1) is 12.1. The molecule has 0 aliphatic carbocycles. The number of carbonyl (C=O) groups is 2. The fourth-order valence-electron chi connectivity index (χ4n) is 2.88. The summed E-state index contributed by atoms with van der Waals surface area (Å²) in [5.74, 6) is 0.661. The first-order valence-corrected chi connectivity index (χ1v) is 8.11. The summed E-state index contributed by atoms with van der Waals surface area (Å²) in [5, 5.41) is 2.88. The van der Waals surface area contributed by atoms with Crippen LogP contribution in [0.1, 0.15) is 17.3 Å². The van der Waals surface area contributed by atoms with Crippen molar-refractivity contribution in [3.8, 4) is 5.75 Å². The molecule has 1 fully saturated rings. The number of methoxy groups -OCH3 is 1. The van der Waals surface area contributed by atoms with Crippen molar-refractivity contribution in [2.75, 3.05) is 32.1 Å². The van der Waals surface area contributed by atoms with E-state index in [4.69, 9.17) is 9.15 Å². The van der Waals surface area contributed by atoms with E-state index >= 15 is 0 Å². The van der Waals surface area contributed by atoms with Crippen molar-refractivity contribution in [3.05, 3.63) is 48.4 Å². The molecule has 2 heterocycles. The first-order valence-electron chi connectivity index (χ1n) is 8.11. The quantitative estimate of drug-likeness (QED) is 0.930. The fourth-order valence-corrected chi connectivity index (χ4v) is 2.88. The largest absolute Gasteiger partial charge is 0.497 e. The lowest BCUT2D eigenvalue weighted by atomic mass is 10.1. The third kappa shape index (κ3) is 3.76. The molecule has 0 unspecified atom stereocenters. The average Bonchev–Trinajstić information content (AvgIpc) is 3.16. The molecule has 1 saturated heterocycles. The maximum Gasteiger partial charge on any atom is 0.322 e. The fraction of sp³-hybridized carbons (Fsp3) is 0.333. The molecule has 25 heavy (non-hydrogen) atoms. The molecule has 1 aromatic carbocycles. The van der Waals surface area contributed by atoms with Crippen LogP contribution < -0.4 is 10.1 Å². The Hall–Kier alpha value is -2.96. The van der Waals surface area contributed by atoms with Gasteiger partial charge in [0.2, 0.25) is 0 Å². The molecule has 3 amide bonds. The molecule has 1 aliphatic heterocycles. The molecule has 0 saturated carbocycles. The molecule has 1 N–H and O–H groups in total. The van der Waals surface area contributed by atoms with E-state index in [0.717, 1.165) is 5.75 Å². The summed E-state index contributed by atoms with van der Waals surface area (Å²) in [6.45, 7) is 3.39. The predicted octanol–water partition coefficient (Wildman–Crippen LogP) is 2.67. The minimum Gasteiger partial charge on any atom is -0.497 e. The van der Waals surface area contributed by atoms with E-state index in [2.05, 4.69) is 5.32 Å². The highest BCUT2D eigenvalue weighted by Crippen LogP contribution is 2.18. The van der Waals surface area contributed by atoms with Crippen LogP contribution in [0.15, 0.2) is 47.3 Å². The zero-order valence-electron chi connectivity index (χ0n) is 14.3. The predicted molar refractivity (Wildman–Crippen MR) is 92.8 cm³/mol. The van der Waals surface area contributed by atoms with E-state index in [1.165, 1.54) is 12.5 Å². The number of amides is 3. The van der Waals surface area contributed by atoms with Crippen LogP contribution in [0, 0.1) is 0 Å². The van der Waals surface area contributed by atoms with Gasteiger partial charge in [0, 0.05) is 31.4 Å². The normalized spacial score (nSPS) is 17.3. The summed E-state index contributed by atoms with van der Waals surface area (Å²) >= 11 is 0. The lowest BCUT2D eigenvalue weighted by Crippen LogP contribution is -2.56. The molecule has 7 nitrogen and oxygen atoms in total. The second-order valence-electron chi connectivity index (χ2n) is 5.96. The highest BCUT2D eigenvalue weighted by molar-refractivity contribution is 5.94. The average molecular weight is 343 g/mol. The maximum absolute atomic E-state index is 12.5. The topological polar surface area (TPSA) is 75.0 Å². The van der Waals surface area contributed by atoms with Crippen molar-refractivity contribution in [3.63, 3.8) is 0 Å². The molecule has 1 atom stereocenters. The van der Waals surface area contributed by atoms with Crippen LogP contribution in [0.2, 0.25) is 0 Å². The van der Waals surface area contributed by atoms with Gasteiger partial charge in [-0.15, -0.1) is 0 Å². The molecule has 7 heteroatoms. The molecule has 1 aromatic heterocycles. The van der Waals surface area contributed by atoms with E-state index in [0.29, 0.717) is 30.9 Å². The molecule has 3 rings (SSSR count). The van der Waals surface area contributed by atoms with Crippen LogP contribution >= 0.6 is 0 Å². The summed E-state index contributed by atoms with van der Waals surface area (Å²) in [5.41, 5.74) is 1.23. The van der Waals surface area contributed by atoms with Gasteiger partial charge in [0.1, 0.15) is 12.0 Å². The molecule has 0 radical (unpaired) electrons. The lowest BCUT2D eigenvalue weighted by Gasteiger charge is -2.39. The number of nitrogens with zero attached hydrogens (tertiary/aromatic N) is 2. The molecular formula is C18H21N3O4. The number of benzene rings is 1. The minimum atomic E-state index is -0.173. The number of hydrogen-bond acceptors (Lipinski definition) is 4. The van der Waals surface area contributed by atoms with Gasteiger partial charge < -0.3 is 24.3 Å². The van der Waals surface area contributed by atoms with Crippen LogP contribution in [0.5, 0.6) is 5.75 Å². The number of hydrogen-bond donors (Lipinski definition) is 1. The van der Waals surface area contributed by atoms with E-state index in [1.54, 1.807) is 47.2 Å². The highest BCUT2D eigenvalue weighted by atomic mass is 16.5. The Kier molecular flexibility index (Phi) is 4.92. The third-order valence-electron chi connectivity index (χ3n) is 4.28. The molecular weight excluding hydrogens is 322 g/mol. The van der Waals surface area contributed by atoms with Crippen molar-refractivity contribution >= 4 is 17.6 Å². The monoisotopic (exact) mass is 343 g/mol. The van der Waals surface area contributed by atoms with Crippen molar-refractivity contribution in [1.82, 2.24) is 9.80 Å². The minimum absolute atomic E-state index is 0.0733. The molecule has 2 aromatic rings. The van der Waals surface area contributed by atoms with Gasteiger partial charge in [-0.05, 0) is 37.3 Å². The van der Waals surface area contributed by atoms with Crippen LogP contribution in [0.25, 0.3) is 0 Å². The Morgan fingerprint density at radius 3 is 2.56 bits per heavy atom. The Bertz CT molecular complexity index is 727. The number of anilines is 1. The lowest BCUT2D eigenvalue weighted by molar-refractivity contribution is 0.0591. The van der Waals surface area contributed by atoms with Gasteiger partial charge in [-0.25, -0.2) is 4.79 Å². The Balaban J connectivity index is 1.58. The van der Waals surface area contributed by atoms with Gasteiger partial charge in [0.05, 0.1) is 18.9 Å². The molecule has 132 valence electrons.